The lowest BCUT2D eigenvalue weighted by Gasteiger charge is -2.18. The van der Waals surface area contributed by atoms with Gasteiger partial charge in [-0.15, -0.1) is 11.3 Å². The van der Waals surface area contributed by atoms with Gasteiger partial charge in [0.1, 0.15) is 0 Å². The molecule has 0 fully saturated rings. The molecule has 0 unspecified atom stereocenters. The molecular weight excluding hydrogens is 218 g/mol. The minimum absolute atomic E-state index is 0.695. The van der Waals surface area contributed by atoms with Crippen LogP contribution in [0.5, 0.6) is 0 Å². The molecule has 16 heavy (non-hydrogen) atoms. The van der Waals surface area contributed by atoms with Gasteiger partial charge < -0.3 is 5.73 Å². The van der Waals surface area contributed by atoms with Gasteiger partial charge in [0.05, 0.1) is 10.7 Å². The Balaban J connectivity index is 2.43. The monoisotopic (exact) mass is 241 g/mol. The average Bonchev–Trinajstić information content (AvgIpc) is 2.72. The van der Waals surface area contributed by atoms with Gasteiger partial charge in [0.15, 0.2) is 0 Å². The van der Waals surface area contributed by atoms with Gasteiger partial charge in [-0.3, -0.25) is 4.90 Å². The molecule has 0 atom stereocenters. The fraction of sp³-hybridized carbons (Fsp3) is 0.750. The summed E-state index contributed by atoms with van der Waals surface area (Å²) in [5.74, 6) is 0. The Morgan fingerprint density at radius 3 is 2.88 bits per heavy atom. The molecule has 92 valence electrons. The molecule has 0 bridgehead atoms. The predicted octanol–water partition coefficient (Wildman–Crippen LogP) is 2.27. The molecule has 0 aliphatic carbocycles. The summed E-state index contributed by atoms with van der Waals surface area (Å²) in [5, 5.41) is 3.34. The van der Waals surface area contributed by atoms with Gasteiger partial charge in [-0.1, -0.05) is 20.3 Å². The van der Waals surface area contributed by atoms with E-state index in [1.165, 1.54) is 30.1 Å². The summed E-state index contributed by atoms with van der Waals surface area (Å²) >= 11 is 1.73. The molecule has 0 aliphatic heterocycles. The van der Waals surface area contributed by atoms with Crippen LogP contribution in [0.15, 0.2) is 5.38 Å². The highest BCUT2D eigenvalue weighted by atomic mass is 32.1. The number of rotatable bonds is 8. The molecule has 1 aromatic rings. The summed E-state index contributed by atoms with van der Waals surface area (Å²) in [6.07, 6.45) is 3.44. The Morgan fingerprint density at radius 2 is 2.25 bits per heavy atom. The topological polar surface area (TPSA) is 42.1 Å². The van der Waals surface area contributed by atoms with Crippen molar-refractivity contribution in [2.75, 3.05) is 19.6 Å². The number of hydrogen-bond donors (Lipinski definition) is 1. The van der Waals surface area contributed by atoms with Crippen LogP contribution >= 0.6 is 11.3 Å². The lowest BCUT2D eigenvalue weighted by molar-refractivity contribution is 0.272. The van der Waals surface area contributed by atoms with Gasteiger partial charge in [-0.2, -0.15) is 0 Å². The third-order valence-electron chi connectivity index (χ3n) is 2.62. The maximum Gasteiger partial charge on any atom is 0.0941 e. The maximum absolute atomic E-state index is 5.52. The van der Waals surface area contributed by atoms with Gasteiger partial charge >= 0.3 is 0 Å². The van der Waals surface area contributed by atoms with E-state index in [4.69, 9.17) is 5.73 Å². The Labute approximate surface area is 103 Å². The fourth-order valence-corrected chi connectivity index (χ4v) is 2.42. The molecule has 4 heteroatoms. The van der Waals surface area contributed by atoms with Crippen molar-refractivity contribution in [1.29, 1.82) is 0 Å². The zero-order valence-corrected chi connectivity index (χ0v) is 11.2. The lowest BCUT2D eigenvalue weighted by Crippen LogP contribution is -2.24. The smallest absolute Gasteiger partial charge is 0.0941 e. The second kappa shape index (κ2) is 7.76. The highest BCUT2D eigenvalue weighted by Gasteiger charge is 2.06. The first kappa shape index (κ1) is 13.6. The van der Waals surface area contributed by atoms with Crippen LogP contribution in [0, 0.1) is 0 Å². The van der Waals surface area contributed by atoms with E-state index in [9.17, 15) is 0 Å². The SMILES string of the molecule is CCCCN(CC)Cc1csc(CCN)n1. The van der Waals surface area contributed by atoms with E-state index in [0.717, 1.165) is 19.5 Å². The summed E-state index contributed by atoms with van der Waals surface area (Å²) in [5.41, 5.74) is 6.72. The number of unbranched alkanes of at least 4 members (excludes halogenated alkanes) is 1. The second-order valence-corrected chi connectivity index (χ2v) is 4.94. The van der Waals surface area contributed by atoms with Crippen LogP contribution in [-0.4, -0.2) is 29.5 Å². The minimum atomic E-state index is 0.695. The number of nitrogens with zero attached hydrogens (tertiary/aromatic N) is 2. The van der Waals surface area contributed by atoms with Crippen molar-refractivity contribution in [1.82, 2.24) is 9.88 Å². The molecule has 0 saturated heterocycles. The molecule has 0 amide bonds. The van der Waals surface area contributed by atoms with Gasteiger partial charge in [-0.05, 0) is 26.1 Å². The number of hydrogen-bond acceptors (Lipinski definition) is 4. The molecule has 0 saturated carbocycles. The van der Waals surface area contributed by atoms with Gasteiger partial charge in [0.25, 0.3) is 0 Å². The van der Waals surface area contributed by atoms with E-state index < -0.39 is 0 Å². The van der Waals surface area contributed by atoms with Gasteiger partial charge in [-0.25, -0.2) is 4.98 Å². The van der Waals surface area contributed by atoms with Crippen molar-refractivity contribution in [3.63, 3.8) is 0 Å². The van der Waals surface area contributed by atoms with Crippen molar-refractivity contribution in [3.05, 3.63) is 16.1 Å². The summed E-state index contributed by atoms with van der Waals surface area (Å²) in [6, 6.07) is 0. The summed E-state index contributed by atoms with van der Waals surface area (Å²) in [6.45, 7) is 8.40. The zero-order valence-electron chi connectivity index (χ0n) is 10.4. The van der Waals surface area contributed by atoms with Crippen LogP contribution in [0.25, 0.3) is 0 Å². The van der Waals surface area contributed by atoms with E-state index in [0.29, 0.717) is 6.54 Å². The first-order chi connectivity index (χ1) is 7.80. The van der Waals surface area contributed by atoms with E-state index in [1.807, 2.05) is 0 Å². The van der Waals surface area contributed by atoms with Gasteiger partial charge in [0.2, 0.25) is 0 Å². The molecule has 1 rings (SSSR count). The van der Waals surface area contributed by atoms with Crippen molar-refractivity contribution in [2.24, 2.45) is 5.73 Å². The third kappa shape index (κ3) is 4.60. The van der Waals surface area contributed by atoms with Crippen LogP contribution in [0.2, 0.25) is 0 Å². The largest absolute Gasteiger partial charge is 0.330 e. The number of aromatic nitrogens is 1. The number of thiazole rings is 1. The van der Waals surface area contributed by atoms with Crippen LogP contribution in [0.4, 0.5) is 0 Å². The molecule has 2 N–H and O–H groups in total. The molecular formula is C12H23N3S. The van der Waals surface area contributed by atoms with E-state index >= 15 is 0 Å². The number of nitrogens with two attached hydrogens (primary N) is 1. The van der Waals surface area contributed by atoms with Crippen LogP contribution in [0.1, 0.15) is 37.4 Å². The Bertz CT molecular complexity index is 286. The molecule has 1 aromatic heterocycles. The highest BCUT2D eigenvalue weighted by Crippen LogP contribution is 2.12. The molecule has 0 radical (unpaired) electrons. The van der Waals surface area contributed by atoms with Crippen LogP contribution < -0.4 is 5.73 Å². The normalized spacial score (nSPS) is 11.2. The quantitative estimate of drug-likeness (QED) is 0.759. The first-order valence-corrected chi connectivity index (χ1v) is 7.03. The molecule has 0 aromatic carbocycles. The molecule has 0 spiro atoms. The van der Waals surface area contributed by atoms with E-state index in [1.54, 1.807) is 11.3 Å². The predicted molar refractivity (Wildman–Crippen MR) is 70.7 cm³/mol. The summed E-state index contributed by atoms with van der Waals surface area (Å²) in [7, 11) is 0. The zero-order chi connectivity index (χ0) is 11.8. The maximum atomic E-state index is 5.52. The van der Waals surface area contributed by atoms with Crippen LogP contribution in [-0.2, 0) is 13.0 Å². The van der Waals surface area contributed by atoms with Crippen molar-refractivity contribution in [2.45, 2.75) is 39.7 Å². The fourth-order valence-electron chi connectivity index (χ4n) is 1.62. The highest BCUT2D eigenvalue weighted by molar-refractivity contribution is 7.09. The van der Waals surface area contributed by atoms with Crippen LogP contribution in [0.3, 0.4) is 0 Å². The third-order valence-corrected chi connectivity index (χ3v) is 3.58. The van der Waals surface area contributed by atoms with Crippen molar-refractivity contribution < 1.29 is 0 Å². The Hall–Kier alpha value is -0.450. The van der Waals surface area contributed by atoms with Crippen molar-refractivity contribution >= 4 is 11.3 Å². The van der Waals surface area contributed by atoms with E-state index in [-0.39, 0.29) is 0 Å². The second-order valence-electron chi connectivity index (χ2n) is 3.99. The van der Waals surface area contributed by atoms with Crippen molar-refractivity contribution in [3.8, 4) is 0 Å². The molecule has 3 nitrogen and oxygen atoms in total. The molecule has 0 aliphatic rings. The van der Waals surface area contributed by atoms with Gasteiger partial charge in [0, 0.05) is 18.3 Å². The minimum Gasteiger partial charge on any atom is -0.330 e. The lowest BCUT2D eigenvalue weighted by atomic mass is 10.3. The average molecular weight is 241 g/mol. The van der Waals surface area contributed by atoms with E-state index in [2.05, 4.69) is 29.1 Å². The Kier molecular flexibility index (Phi) is 6.61. The summed E-state index contributed by atoms with van der Waals surface area (Å²) < 4.78 is 0. The Morgan fingerprint density at radius 1 is 1.44 bits per heavy atom. The molecule has 1 heterocycles. The first-order valence-electron chi connectivity index (χ1n) is 6.15. The standard InChI is InChI=1S/C12H23N3S/c1-3-5-8-15(4-2)9-11-10-16-12(14-11)6-7-13/h10H,3-9,13H2,1-2H3. The summed E-state index contributed by atoms with van der Waals surface area (Å²) in [4.78, 5) is 7.04.